The highest BCUT2D eigenvalue weighted by Gasteiger charge is 2.27. The van der Waals surface area contributed by atoms with E-state index in [0.717, 1.165) is 11.1 Å². The van der Waals surface area contributed by atoms with Crippen molar-refractivity contribution in [2.75, 3.05) is 0 Å². The Balaban J connectivity index is 2.51. The van der Waals surface area contributed by atoms with Crippen molar-refractivity contribution in [2.24, 2.45) is 0 Å². The maximum atomic E-state index is 10.7. The number of hydrogen-bond donors (Lipinski definition) is 2. The lowest BCUT2D eigenvalue weighted by Gasteiger charge is -2.27. The van der Waals surface area contributed by atoms with Crippen LogP contribution in [0.25, 0.3) is 0 Å². The first-order valence-electron chi connectivity index (χ1n) is 7.63. The van der Waals surface area contributed by atoms with Crippen molar-refractivity contribution >= 4 is 11.3 Å². The van der Waals surface area contributed by atoms with Crippen LogP contribution < -0.4 is 4.74 Å². The topological polar surface area (TPSA) is 62.6 Å². The number of phenolic OH excluding ortho intramolecular Hbond substituents is 1. The van der Waals surface area contributed by atoms with Crippen LogP contribution in [-0.2, 0) is 17.4 Å². The molecule has 0 saturated carbocycles. The van der Waals surface area contributed by atoms with Crippen molar-refractivity contribution in [3.63, 3.8) is 0 Å². The second kappa shape index (κ2) is 6.13. The fourth-order valence-electron chi connectivity index (χ4n) is 2.32. The van der Waals surface area contributed by atoms with Crippen LogP contribution in [0.3, 0.4) is 0 Å². The van der Waals surface area contributed by atoms with Gasteiger partial charge in [0, 0.05) is 16.5 Å². The summed E-state index contributed by atoms with van der Waals surface area (Å²) in [7, 11) is 0. The first-order valence-corrected chi connectivity index (χ1v) is 8.51. The highest BCUT2D eigenvalue weighted by molar-refractivity contribution is 7.11. The minimum Gasteiger partial charge on any atom is -0.507 e. The quantitative estimate of drug-likeness (QED) is 0.851. The van der Waals surface area contributed by atoms with Crippen molar-refractivity contribution in [1.82, 2.24) is 4.98 Å². The average molecular weight is 335 g/mol. The Morgan fingerprint density at radius 3 is 1.96 bits per heavy atom. The molecule has 23 heavy (non-hydrogen) atoms. The Kier molecular flexibility index (Phi) is 4.74. The summed E-state index contributed by atoms with van der Waals surface area (Å²) in [5.74, 6) is 0.976. The van der Waals surface area contributed by atoms with Crippen LogP contribution in [-0.4, -0.2) is 15.2 Å². The van der Waals surface area contributed by atoms with Crippen molar-refractivity contribution in [3.05, 3.63) is 34.3 Å². The van der Waals surface area contributed by atoms with Crippen LogP contribution in [0.2, 0.25) is 0 Å². The number of hydrogen-bond acceptors (Lipinski definition) is 5. The predicted molar refractivity (Wildman–Crippen MR) is 93.6 cm³/mol. The van der Waals surface area contributed by atoms with E-state index in [1.54, 1.807) is 5.38 Å². The van der Waals surface area contributed by atoms with Crippen LogP contribution in [0.4, 0.5) is 0 Å². The molecule has 0 saturated heterocycles. The molecular formula is C18H25NO3S. The van der Waals surface area contributed by atoms with E-state index in [0.29, 0.717) is 22.4 Å². The average Bonchev–Trinajstić information content (AvgIpc) is 2.85. The third-order valence-electron chi connectivity index (χ3n) is 3.60. The fraction of sp³-hybridized carbons (Fsp3) is 0.500. The van der Waals surface area contributed by atoms with Gasteiger partial charge in [0.05, 0.1) is 12.3 Å². The number of aliphatic hydroxyl groups excluding tert-OH is 1. The molecule has 0 aliphatic carbocycles. The molecule has 0 spiro atoms. The van der Waals surface area contributed by atoms with Gasteiger partial charge in [-0.05, 0) is 23.0 Å². The molecule has 0 bridgehead atoms. The van der Waals surface area contributed by atoms with Gasteiger partial charge in [-0.3, -0.25) is 0 Å². The summed E-state index contributed by atoms with van der Waals surface area (Å²) in [6.07, 6.45) is 0. The van der Waals surface area contributed by atoms with E-state index in [1.165, 1.54) is 11.3 Å². The number of thiazole rings is 1. The van der Waals surface area contributed by atoms with E-state index in [1.807, 2.05) is 12.1 Å². The molecule has 0 fully saturated rings. The van der Waals surface area contributed by atoms with Gasteiger partial charge in [0.25, 0.3) is 5.19 Å². The molecule has 1 aromatic heterocycles. The molecule has 0 radical (unpaired) electrons. The van der Waals surface area contributed by atoms with Crippen molar-refractivity contribution < 1.29 is 14.9 Å². The number of aromatic nitrogens is 1. The second-order valence-electron chi connectivity index (χ2n) is 7.73. The van der Waals surface area contributed by atoms with Crippen LogP contribution >= 0.6 is 11.3 Å². The molecule has 0 aliphatic heterocycles. The predicted octanol–water partition coefficient (Wildman–Crippen LogP) is 4.73. The Labute approximate surface area is 141 Å². The first-order chi connectivity index (χ1) is 10.5. The van der Waals surface area contributed by atoms with Gasteiger partial charge in [-0.25, -0.2) is 4.98 Å². The van der Waals surface area contributed by atoms with Crippen LogP contribution in [0.5, 0.6) is 16.7 Å². The van der Waals surface area contributed by atoms with E-state index in [4.69, 9.17) is 9.84 Å². The molecule has 2 rings (SSSR count). The van der Waals surface area contributed by atoms with Crippen molar-refractivity contribution in [3.8, 4) is 16.7 Å². The molecule has 1 aromatic carbocycles. The van der Waals surface area contributed by atoms with Crippen LogP contribution in [0.1, 0.15) is 58.4 Å². The number of aliphatic hydroxyl groups is 1. The number of rotatable bonds is 3. The van der Waals surface area contributed by atoms with Crippen LogP contribution in [0, 0.1) is 0 Å². The Morgan fingerprint density at radius 1 is 1.04 bits per heavy atom. The smallest absolute Gasteiger partial charge is 0.278 e. The van der Waals surface area contributed by atoms with Gasteiger partial charge in [0.1, 0.15) is 11.5 Å². The first kappa shape index (κ1) is 17.8. The molecule has 1 heterocycles. The zero-order valence-corrected chi connectivity index (χ0v) is 15.4. The molecule has 126 valence electrons. The lowest BCUT2D eigenvalue weighted by Crippen LogP contribution is -2.17. The molecule has 0 atom stereocenters. The van der Waals surface area contributed by atoms with E-state index in [-0.39, 0.29) is 17.4 Å². The number of nitrogens with zero attached hydrogens (tertiary/aromatic N) is 1. The maximum absolute atomic E-state index is 10.7. The van der Waals surface area contributed by atoms with E-state index in [9.17, 15) is 5.11 Å². The standard InChI is InChI=1S/C18H25NO3S/c1-17(2,3)13-7-12(8-14(15(13)21)18(4,5)6)22-16-19-11(9-20)10-23-16/h7-8,10,20-21H,9H2,1-6H3. The largest absolute Gasteiger partial charge is 0.507 e. The number of benzene rings is 1. The molecule has 2 aromatic rings. The summed E-state index contributed by atoms with van der Waals surface area (Å²) in [6, 6.07) is 3.73. The number of aromatic hydroxyl groups is 1. The fourth-order valence-corrected chi connectivity index (χ4v) is 3.00. The van der Waals surface area contributed by atoms with Gasteiger partial charge in [-0.1, -0.05) is 52.9 Å². The zero-order valence-electron chi connectivity index (χ0n) is 14.6. The van der Waals surface area contributed by atoms with E-state index < -0.39 is 0 Å². The van der Waals surface area contributed by atoms with Gasteiger partial charge < -0.3 is 14.9 Å². The van der Waals surface area contributed by atoms with Gasteiger partial charge in [0.2, 0.25) is 0 Å². The summed E-state index contributed by atoms with van der Waals surface area (Å²) < 4.78 is 5.87. The third kappa shape index (κ3) is 4.03. The lowest BCUT2D eigenvalue weighted by molar-refractivity contribution is 0.276. The minimum atomic E-state index is -0.206. The SMILES string of the molecule is CC(C)(C)c1cc(Oc2nc(CO)cs2)cc(C(C)(C)C)c1O. The second-order valence-corrected chi connectivity index (χ2v) is 8.55. The van der Waals surface area contributed by atoms with Gasteiger partial charge >= 0.3 is 0 Å². The molecule has 0 unspecified atom stereocenters. The van der Waals surface area contributed by atoms with Crippen molar-refractivity contribution in [1.29, 1.82) is 0 Å². The van der Waals surface area contributed by atoms with Gasteiger partial charge in [-0.15, -0.1) is 0 Å². The van der Waals surface area contributed by atoms with Gasteiger partial charge in [0.15, 0.2) is 0 Å². The van der Waals surface area contributed by atoms with E-state index >= 15 is 0 Å². The molecule has 0 amide bonds. The summed E-state index contributed by atoms with van der Waals surface area (Å²) in [5.41, 5.74) is 1.87. The molecule has 2 N–H and O–H groups in total. The molecule has 0 aliphatic rings. The Morgan fingerprint density at radius 2 is 1.57 bits per heavy atom. The Bertz CT molecular complexity index is 658. The number of phenols is 1. The molecular weight excluding hydrogens is 310 g/mol. The zero-order chi connectivity index (χ0) is 17.4. The molecule has 4 nitrogen and oxygen atoms in total. The highest BCUT2D eigenvalue weighted by atomic mass is 32.1. The lowest BCUT2D eigenvalue weighted by atomic mass is 9.79. The van der Waals surface area contributed by atoms with E-state index in [2.05, 4.69) is 46.5 Å². The highest BCUT2D eigenvalue weighted by Crippen LogP contribution is 2.42. The summed E-state index contributed by atoms with van der Waals surface area (Å²) in [6.45, 7) is 12.3. The van der Waals surface area contributed by atoms with Gasteiger partial charge in [-0.2, -0.15) is 0 Å². The van der Waals surface area contributed by atoms with Crippen LogP contribution in [0.15, 0.2) is 17.5 Å². The minimum absolute atomic E-state index is 0.101. The summed E-state index contributed by atoms with van der Waals surface area (Å²) >= 11 is 1.34. The van der Waals surface area contributed by atoms with Crippen molar-refractivity contribution in [2.45, 2.75) is 59.0 Å². The monoisotopic (exact) mass is 335 g/mol. The maximum Gasteiger partial charge on any atom is 0.278 e. The number of ether oxygens (including phenoxy) is 1. The normalized spacial score (nSPS) is 12.5. The summed E-state index contributed by atoms with van der Waals surface area (Å²) in [5, 5.41) is 22.1. The third-order valence-corrected chi connectivity index (χ3v) is 4.36. The molecule has 5 heteroatoms. The summed E-state index contributed by atoms with van der Waals surface area (Å²) in [4.78, 5) is 4.21. The Hall–Kier alpha value is -1.59.